The van der Waals surface area contributed by atoms with E-state index in [2.05, 4.69) is 15.6 Å². The Morgan fingerprint density at radius 2 is 1.96 bits per heavy atom. The number of hydrogen-bond donors (Lipinski definition) is 1. The van der Waals surface area contributed by atoms with E-state index in [0.717, 1.165) is 17.0 Å². The number of hydroxylamine groups is 1. The van der Waals surface area contributed by atoms with Gasteiger partial charge >= 0.3 is 0 Å². The van der Waals surface area contributed by atoms with Crippen molar-refractivity contribution in [3.63, 3.8) is 0 Å². The summed E-state index contributed by atoms with van der Waals surface area (Å²) in [6.45, 7) is 5.72. The van der Waals surface area contributed by atoms with Gasteiger partial charge in [0, 0.05) is 7.05 Å². The average Bonchev–Trinajstić information content (AvgIpc) is 2.58. The van der Waals surface area contributed by atoms with E-state index in [1.54, 1.807) is 5.06 Å². The molecule has 2 aliphatic heterocycles. The summed E-state index contributed by atoms with van der Waals surface area (Å²) in [7, 11) is 4.43. The minimum absolute atomic E-state index is 0.139. The normalized spacial score (nSPS) is 15.0. The Morgan fingerprint density at radius 3 is 2.50 bits per heavy atom. The van der Waals surface area contributed by atoms with Crippen LogP contribution in [0, 0.1) is 6.92 Å². The molecule has 1 aromatic rings. The summed E-state index contributed by atoms with van der Waals surface area (Å²) in [6.07, 6.45) is 0. The van der Waals surface area contributed by atoms with E-state index < -0.39 is 0 Å². The van der Waals surface area contributed by atoms with E-state index in [-0.39, 0.29) is 17.7 Å². The van der Waals surface area contributed by atoms with Crippen molar-refractivity contribution < 1.29 is 19.3 Å². The van der Waals surface area contributed by atoms with Crippen LogP contribution in [0.5, 0.6) is 5.75 Å². The van der Waals surface area contributed by atoms with Gasteiger partial charge in [-0.3, -0.25) is 4.79 Å². The molecular formula is C16H22N4O4. The van der Waals surface area contributed by atoms with Crippen molar-refractivity contribution in [3.8, 4) is 5.75 Å². The molecule has 0 aliphatic carbocycles. The van der Waals surface area contributed by atoms with Gasteiger partial charge in [-0.2, -0.15) is 0 Å². The summed E-state index contributed by atoms with van der Waals surface area (Å²) in [5, 5.41) is 12.1. The molecule has 0 fully saturated rings. The first kappa shape index (κ1) is 17.6. The third-order valence-electron chi connectivity index (χ3n) is 3.77. The second-order valence-corrected chi connectivity index (χ2v) is 5.35. The molecule has 0 saturated carbocycles. The van der Waals surface area contributed by atoms with Gasteiger partial charge in [0.25, 0.3) is 5.91 Å². The standard InChI is InChI=1S/C16H22N4O4/c1-9-7-12-8-13(14(19-23-6)16(21)17-4)15(9)24-20(12)11(3)10(2)18-22-5/h7-8,11H,1-6H3,(H,17,21). The highest BCUT2D eigenvalue weighted by atomic mass is 16.7. The number of hydrogen-bond acceptors (Lipinski definition) is 7. The number of nitrogens with one attached hydrogen (secondary N) is 1. The molecule has 1 amide bonds. The second-order valence-electron chi connectivity index (χ2n) is 5.35. The van der Waals surface area contributed by atoms with Crippen LogP contribution in [0.4, 0.5) is 5.69 Å². The Hall–Kier alpha value is -2.77. The van der Waals surface area contributed by atoms with Crippen LogP contribution < -0.4 is 15.2 Å². The van der Waals surface area contributed by atoms with Crippen molar-refractivity contribution in [1.82, 2.24) is 5.32 Å². The summed E-state index contributed by atoms with van der Waals surface area (Å²) in [6, 6.07) is 3.68. The number of aryl methyl sites for hydroxylation is 1. The predicted molar refractivity (Wildman–Crippen MR) is 91.5 cm³/mol. The van der Waals surface area contributed by atoms with Crippen LogP contribution in [0.25, 0.3) is 0 Å². The van der Waals surface area contributed by atoms with Gasteiger partial charge in [-0.15, -0.1) is 0 Å². The molecule has 1 unspecified atom stereocenters. The Morgan fingerprint density at radius 1 is 1.29 bits per heavy atom. The number of amides is 1. The van der Waals surface area contributed by atoms with Crippen molar-refractivity contribution >= 4 is 23.0 Å². The lowest BCUT2D eigenvalue weighted by atomic mass is 10.0. The SMILES string of the molecule is CNC(=O)C(=NOC)c1cc2cc(C)c1ON2C(C)C(C)=NOC. The molecule has 0 spiro atoms. The van der Waals surface area contributed by atoms with Gasteiger partial charge < -0.3 is 19.8 Å². The van der Waals surface area contributed by atoms with Gasteiger partial charge in [-0.25, -0.2) is 5.06 Å². The molecule has 0 saturated heterocycles. The Kier molecular flexibility index (Phi) is 5.28. The molecule has 2 aliphatic rings. The lowest BCUT2D eigenvalue weighted by molar-refractivity contribution is -0.114. The number of rotatable bonds is 6. The zero-order chi connectivity index (χ0) is 17.9. The third kappa shape index (κ3) is 3.12. The maximum Gasteiger partial charge on any atom is 0.273 e. The summed E-state index contributed by atoms with van der Waals surface area (Å²) in [4.78, 5) is 27.7. The first-order valence-corrected chi connectivity index (χ1v) is 7.47. The summed E-state index contributed by atoms with van der Waals surface area (Å²) in [5.41, 5.74) is 3.20. The smallest absolute Gasteiger partial charge is 0.273 e. The Bertz CT molecular complexity index is 700. The fraction of sp³-hybridized carbons (Fsp3) is 0.438. The van der Waals surface area contributed by atoms with Gasteiger partial charge in [0.15, 0.2) is 11.5 Å². The fourth-order valence-corrected chi connectivity index (χ4v) is 2.45. The Balaban J connectivity index is 2.46. The second kappa shape index (κ2) is 7.20. The van der Waals surface area contributed by atoms with Crippen LogP contribution in [0.3, 0.4) is 0 Å². The van der Waals surface area contributed by atoms with Gasteiger partial charge in [0.1, 0.15) is 20.3 Å². The largest absolute Gasteiger partial charge is 0.399 e. The van der Waals surface area contributed by atoms with Crippen molar-refractivity contribution in [2.24, 2.45) is 10.3 Å². The third-order valence-corrected chi connectivity index (χ3v) is 3.77. The maximum atomic E-state index is 12.1. The summed E-state index contributed by atoms with van der Waals surface area (Å²) < 4.78 is 0. The molecule has 2 heterocycles. The number of oxime groups is 2. The van der Waals surface area contributed by atoms with Crippen LogP contribution in [-0.2, 0) is 14.5 Å². The molecular weight excluding hydrogens is 312 g/mol. The number of anilines is 1. The molecule has 2 bridgehead atoms. The minimum atomic E-state index is -0.350. The predicted octanol–water partition coefficient (Wildman–Crippen LogP) is 1.62. The highest BCUT2D eigenvalue weighted by molar-refractivity contribution is 6.46. The Labute approximate surface area is 141 Å². The number of fused-ring (bicyclic) bond motifs is 3. The molecule has 1 atom stereocenters. The van der Waals surface area contributed by atoms with Crippen molar-refractivity contribution in [1.29, 1.82) is 0 Å². The van der Waals surface area contributed by atoms with E-state index in [0.29, 0.717) is 11.3 Å². The van der Waals surface area contributed by atoms with E-state index >= 15 is 0 Å². The van der Waals surface area contributed by atoms with Crippen LogP contribution in [0.1, 0.15) is 25.0 Å². The molecule has 3 rings (SSSR count). The van der Waals surface area contributed by atoms with Crippen LogP contribution in [0.15, 0.2) is 22.4 Å². The number of likely N-dealkylation sites (N-methyl/N-ethyl adjacent to an activating group) is 1. The molecule has 24 heavy (non-hydrogen) atoms. The van der Waals surface area contributed by atoms with Gasteiger partial charge in [-0.1, -0.05) is 10.3 Å². The number of carbonyl (C=O) groups excluding carboxylic acids is 1. The first-order chi connectivity index (χ1) is 11.4. The number of carbonyl (C=O) groups is 1. The highest BCUT2D eigenvalue weighted by Gasteiger charge is 2.32. The molecule has 8 heteroatoms. The van der Waals surface area contributed by atoms with Crippen molar-refractivity contribution in [2.75, 3.05) is 26.3 Å². The molecule has 1 aromatic carbocycles. The van der Waals surface area contributed by atoms with Gasteiger partial charge in [0.05, 0.1) is 17.0 Å². The highest BCUT2D eigenvalue weighted by Crippen LogP contribution is 2.38. The molecule has 130 valence electrons. The van der Waals surface area contributed by atoms with E-state index in [9.17, 15) is 4.79 Å². The fourth-order valence-electron chi connectivity index (χ4n) is 2.45. The van der Waals surface area contributed by atoms with E-state index in [1.807, 2.05) is 32.9 Å². The molecule has 0 aromatic heterocycles. The first-order valence-electron chi connectivity index (χ1n) is 7.47. The van der Waals surface area contributed by atoms with Crippen LogP contribution in [-0.4, -0.2) is 44.6 Å². The number of nitrogens with zero attached hydrogens (tertiary/aromatic N) is 3. The maximum absolute atomic E-state index is 12.1. The topological polar surface area (TPSA) is 84.8 Å². The van der Waals surface area contributed by atoms with Crippen LogP contribution >= 0.6 is 0 Å². The quantitative estimate of drug-likeness (QED) is 0.631. The average molecular weight is 334 g/mol. The molecule has 8 nitrogen and oxygen atoms in total. The lowest BCUT2D eigenvalue weighted by Gasteiger charge is -2.36. The van der Waals surface area contributed by atoms with E-state index in [4.69, 9.17) is 14.5 Å². The summed E-state index contributed by atoms with van der Waals surface area (Å²) in [5.74, 6) is 0.207. The zero-order valence-electron chi connectivity index (χ0n) is 14.7. The minimum Gasteiger partial charge on any atom is -0.399 e. The lowest BCUT2D eigenvalue weighted by Crippen LogP contribution is -2.44. The zero-order valence-corrected chi connectivity index (χ0v) is 14.7. The number of benzene rings is 1. The van der Waals surface area contributed by atoms with Gasteiger partial charge in [-0.05, 0) is 38.5 Å². The van der Waals surface area contributed by atoms with Gasteiger partial charge in [0.2, 0.25) is 0 Å². The van der Waals surface area contributed by atoms with Crippen molar-refractivity contribution in [3.05, 3.63) is 23.3 Å². The van der Waals surface area contributed by atoms with E-state index in [1.165, 1.54) is 21.3 Å². The molecule has 0 radical (unpaired) electrons. The summed E-state index contributed by atoms with van der Waals surface area (Å²) >= 11 is 0. The molecule has 1 N–H and O–H groups in total. The monoisotopic (exact) mass is 334 g/mol. The van der Waals surface area contributed by atoms with Crippen molar-refractivity contribution in [2.45, 2.75) is 26.8 Å². The van der Waals surface area contributed by atoms with Crippen LogP contribution in [0.2, 0.25) is 0 Å².